The van der Waals surface area contributed by atoms with Gasteiger partial charge in [-0.3, -0.25) is 18.4 Å². The van der Waals surface area contributed by atoms with Crippen LogP contribution in [0.5, 0.6) is 5.88 Å². The summed E-state index contributed by atoms with van der Waals surface area (Å²) in [6.45, 7) is 5.85. The summed E-state index contributed by atoms with van der Waals surface area (Å²) in [5.74, 6) is -1.13. The zero-order valence-corrected chi connectivity index (χ0v) is 22.3. The van der Waals surface area contributed by atoms with Gasteiger partial charge in [0.05, 0.1) is 38.9 Å². The first kappa shape index (κ1) is 28.7. The number of methoxy groups -OCH3 is 1. The van der Waals surface area contributed by atoms with E-state index in [1.165, 1.54) is 7.11 Å². The number of aromatic nitrogens is 4. The number of hydrogen-bond acceptors (Lipinski definition) is 13. The molecule has 206 valence electrons. The van der Waals surface area contributed by atoms with E-state index in [9.17, 15) is 14.2 Å². The molecule has 1 aliphatic heterocycles. The molecule has 2 aromatic rings. The molecule has 1 aliphatic rings. The Labute approximate surface area is 213 Å². The van der Waals surface area contributed by atoms with E-state index >= 15 is 0 Å². The molecule has 1 fully saturated rings. The summed E-state index contributed by atoms with van der Waals surface area (Å²) in [6, 6.07) is 0. The maximum atomic E-state index is 13.3. The normalized spacial score (nSPS) is 21.2. The van der Waals surface area contributed by atoms with Crippen molar-refractivity contribution >= 4 is 36.8 Å². The minimum absolute atomic E-state index is 0.0120. The number of carbonyl (C=O) groups excluding carboxylic acids is 2. The van der Waals surface area contributed by atoms with E-state index in [-0.39, 0.29) is 37.1 Å². The van der Waals surface area contributed by atoms with Crippen LogP contribution in [0.1, 0.15) is 40.3 Å². The molecule has 1 saturated heterocycles. The molecule has 15 nitrogen and oxygen atoms in total. The molecule has 2 aromatic heterocycles. The lowest BCUT2D eigenvalue weighted by Crippen LogP contribution is -2.28. The van der Waals surface area contributed by atoms with Crippen molar-refractivity contribution in [2.75, 3.05) is 39.2 Å². The topological polar surface area (TPSA) is 188 Å². The van der Waals surface area contributed by atoms with Crippen molar-refractivity contribution in [2.45, 2.75) is 52.6 Å². The molecule has 0 bridgehead atoms. The number of rotatable bonds is 13. The Bertz CT molecular complexity index is 1140. The summed E-state index contributed by atoms with van der Waals surface area (Å²) in [5.41, 5.74) is 6.68. The maximum Gasteiger partial charge on any atom is 0.406 e. The number of imidazole rings is 1. The molecule has 0 saturated carbocycles. The molecule has 0 aliphatic carbocycles. The summed E-state index contributed by atoms with van der Waals surface area (Å²) in [6.07, 6.45) is 0.755. The van der Waals surface area contributed by atoms with Crippen molar-refractivity contribution in [1.82, 2.24) is 24.6 Å². The Morgan fingerprint density at radius 2 is 2.05 bits per heavy atom. The number of nitrogens with two attached hydrogens (primary N) is 1. The zero-order chi connectivity index (χ0) is 27.2. The highest BCUT2D eigenvalue weighted by Crippen LogP contribution is 2.45. The Hall–Kier alpha value is -2.84. The van der Waals surface area contributed by atoms with Crippen LogP contribution in [0.15, 0.2) is 6.33 Å². The molecule has 0 spiro atoms. The number of fused-ring (bicyclic) bond motifs is 1. The minimum Gasteiger partial charge on any atom is -0.479 e. The monoisotopic (exact) mass is 544 g/mol. The highest BCUT2D eigenvalue weighted by atomic mass is 31.2. The van der Waals surface area contributed by atoms with Crippen LogP contribution in [0, 0.1) is 5.92 Å². The highest BCUT2D eigenvalue weighted by molar-refractivity contribution is 7.51. The third-order valence-electron chi connectivity index (χ3n) is 5.20. The van der Waals surface area contributed by atoms with Crippen molar-refractivity contribution in [2.24, 2.45) is 5.92 Å². The van der Waals surface area contributed by atoms with Crippen LogP contribution in [0.3, 0.4) is 0 Å². The quantitative estimate of drug-likeness (QED) is 0.273. The van der Waals surface area contributed by atoms with E-state index in [1.54, 1.807) is 31.7 Å². The molecule has 4 atom stereocenters. The van der Waals surface area contributed by atoms with Gasteiger partial charge in [0.25, 0.3) is 0 Å². The Morgan fingerprint density at radius 3 is 2.73 bits per heavy atom. The molecule has 16 heteroatoms. The van der Waals surface area contributed by atoms with Crippen molar-refractivity contribution in [1.29, 1.82) is 0 Å². The second-order valence-electron chi connectivity index (χ2n) is 8.52. The molecule has 1 unspecified atom stereocenters. The number of hydrogen-bond donors (Lipinski definition) is 2. The van der Waals surface area contributed by atoms with Crippen molar-refractivity contribution in [3.8, 4) is 5.88 Å². The van der Waals surface area contributed by atoms with E-state index in [0.29, 0.717) is 17.6 Å². The van der Waals surface area contributed by atoms with E-state index in [0.717, 1.165) is 0 Å². The van der Waals surface area contributed by atoms with Crippen molar-refractivity contribution in [3.63, 3.8) is 0 Å². The van der Waals surface area contributed by atoms with Crippen LogP contribution >= 0.6 is 7.75 Å². The average Bonchev–Trinajstić information content (AvgIpc) is 3.42. The molecule has 3 N–H and O–H groups in total. The lowest BCUT2D eigenvalue weighted by Gasteiger charge is -2.21. The molecule has 0 aromatic carbocycles. The molecule has 37 heavy (non-hydrogen) atoms. The van der Waals surface area contributed by atoms with Crippen LogP contribution in [0.4, 0.5) is 5.95 Å². The first-order valence-electron chi connectivity index (χ1n) is 11.7. The largest absolute Gasteiger partial charge is 0.479 e. The summed E-state index contributed by atoms with van der Waals surface area (Å²) < 4.78 is 46.9. The molecular weight excluding hydrogens is 511 g/mol. The van der Waals surface area contributed by atoms with Gasteiger partial charge in [-0.05, 0) is 27.2 Å². The number of anilines is 1. The Kier molecular flexibility index (Phi) is 9.79. The number of nitrogen functional groups attached to an aromatic ring is 1. The second kappa shape index (κ2) is 12.6. The van der Waals surface area contributed by atoms with E-state index in [1.807, 2.05) is 6.92 Å². The van der Waals surface area contributed by atoms with E-state index in [2.05, 4.69) is 20.0 Å². The van der Waals surface area contributed by atoms with Gasteiger partial charge in [0, 0.05) is 5.92 Å². The summed E-state index contributed by atoms with van der Waals surface area (Å²) in [5, 5.41) is 2.43. The van der Waals surface area contributed by atoms with Gasteiger partial charge in [0.2, 0.25) is 11.8 Å². The van der Waals surface area contributed by atoms with Crippen LogP contribution in [-0.4, -0.2) is 77.1 Å². The first-order chi connectivity index (χ1) is 17.5. The Morgan fingerprint density at radius 1 is 1.30 bits per heavy atom. The van der Waals surface area contributed by atoms with Gasteiger partial charge in [-0.1, -0.05) is 6.92 Å². The van der Waals surface area contributed by atoms with Gasteiger partial charge in [0.1, 0.15) is 12.8 Å². The van der Waals surface area contributed by atoms with Gasteiger partial charge < -0.3 is 24.7 Å². The molecule has 3 heterocycles. The smallest absolute Gasteiger partial charge is 0.406 e. The highest BCUT2D eigenvalue weighted by Gasteiger charge is 2.37. The molecule has 0 radical (unpaired) electrons. The predicted octanol–water partition coefficient (Wildman–Crippen LogP) is 1.59. The van der Waals surface area contributed by atoms with E-state index < -0.39 is 45.2 Å². The van der Waals surface area contributed by atoms with Crippen molar-refractivity contribution < 1.29 is 42.1 Å². The van der Waals surface area contributed by atoms with Crippen LogP contribution in [-0.2, 0) is 37.4 Å². The number of esters is 2. The number of nitrogens with one attached hydrogen (secondary N) is 1. The fraction of sp³-hybridized carbons (Fsp3) is 0.667. The van der Waals surface area contributed by atoms with Gasteiger partial charge in [-0.15, -0.1) is 0 Å². The zero-order valence-electron chi connectivity index (χ0n) is 21.4. The van der Waals surface area contributed by atoms with Crippen LogP contribution < -0.4 is 15.6 Å². The third-order valence-corrected chi connectivity index (χ3v) is 6.70. The van der Waals surface area contributed by atoms with E-state index in [4.69, 9.17) is 33.7 Å². The SMILES string of the molecule is CCOC(=O)COP(=O)(NCC(=O)OC(C)C)OC[C@@H]1C[C@H](C)[C@H](n2cnc3c(OC)nc(N)nc32)O1. The van der Waals surface area contributed by atoms with Crippen LogP contribution in [0.25, 0.3) is 11.2 Å². The number of carbonyl (C=O) groups is 2. The summed E-state index contributed by atoms with van der Waals surface area (Å²) in [4.78, 5) is 36.3. The molecule has 3 rings (SSSR count). The minimum atomic E-state index is -4.11. The molecule has 0 amide bonds. The van der Waals surface area contributed by atoms with Crippen molar-refractivity contribution in [3.05, 3.63) is 6.33 Å². The summed E-state index contributed by atoms with van der Waals surface area (Å²) in [7, 11) is -2.65. The second-order valence-corrected chi connectivity index (χ2v) is 10.3. The number of ether oxygens (including phenoxy) is 4. The maximum absolute atomic E-state index is 13.3. The fourth-order valence-corrected chi connectivity index (χ4v) is 4.93. The van der Waals surface area contributed by atoms with Crippen LogP contribution in [0.2, 0.25) is 0 Å². The number of nitrogens with zero attached hydrogens (tertiary/aromatic N) is 4. The van der Waals surface area contributed by atoms with Gasteiger partial charge in [-0.25, -0.2) is 19.4 Å². The first-order valence-corrected chi connectivity index (χ1v) is 13.3. The standard InChI is InChI=1S/C21H33N6O9P/c1-6-32-16(29)10-34-37(30,24-8-15(28)35-12(2)3)33-9-14-7-13(4)20(36-14)27-11-23-17-18(27)25-21(22)26-19(17)31-5/h11-14,20H,6-10H2,1-5H3,(H,24,30)(H2,22,25,26)/t13-,14-,20+,37?/m0/s1. The predicted molar refractivity (Wildman–Crippen MR) is 129 cm³/mol. The van der Waals surface area contributed by atoms with Gasteiger partial charge in [-0.2, -0.15) is 9.97 Å². The Balaban J connectivity index is 1.68. The third kappa shape index (κ3) is 7.58. The molecular formula is C21H33N6O9P. The van der Waals surface area contributed by atoms with Gasteiger partial charge in [0.15, 0.2) is 17.8 Å². The fourth-order valence-electron chi connectivity index (χ4n) is 3.72. The summed E-state index contributed by atoms with van der Waals surface area (Å²) >= 11 is 0. The lowest BCUT2D eigenvalue weighted by molar-refractivity contribution is -0.146. The average molecular weight is 545 g/mol. The lowest BCUT2D eigenvalue weighted by atomic mass is 10.1. The van der Waals surface area contributed by atoms with Gasteiger partial charge >= 0.3 is 19.7 Å².